The Morgan fingerprint density at radius 2 is 2.00 bits per heavy atom. The molecule has 0 aliphatic carbocycles. The second-order valence-corrected chi connectivity index (χ2v) is 4.20. The number of aromatic amines is 1. The number of pyridine rings is 1. The van der Waals surface area contributed by atoms with E-state index in [1.165, 1.54) is 0 Å². The van der Waals surface area contributed by atoms with Gasteiger partial charge in [0.05, 0.1) is 0 Å². The number of benzene rings is 1. The Labute approximate surface area is 108 Å². The van der Waals surface area contributed by atoms with Crippen LogP contribution >= 0.6 is 0 Å². The van der Waals surface area contributed by atoms with Crippen molar-refractivity contribution in [3.05, 3.63) is 47.7 Å². The minimum atomic E-state index is -0.219. The molecule has 2 N–H and O–H groups in total. The Kier molecular flexibility index (Phi) is 2.68. The van der Waals surface area contributed by atoms with Crippen LogP contribution in [0.1, 0.15) is 15.9 Å². The van der Waals surface area contributed by atoms with Crippen molar-refractivity contribution < 1.29 is 4.79 Å². The van der Waals surface area contributed by atoms with Crippen LogP contribution in [0.4, 0.5) is 5.82 Å². The molecule has 0 radical (unpaired) electrons. The first kappa shape index (κ1) is 11.3. The molecule has 0 aliphatic rings. The van der Waals surface area contributed by atoms with Crippen LogP contribution in [0.2, 0.25) is 0 Å². The van der Waals surface area contributed by atoms with Crippen LogP contribution in [0.3, 0.4) is 0 Å². The Morgan fingerprint density at radius 3 is 2.84 bits per heavy atom. The molecule has 2 heterocycles. The second kappa shape index (κ2) is 4.49. The molecule has 0 saturated carbocycles. The third kappa shape index (κ3) is 2.28. The number of nitrogens with one attached hydrogen (secondary N) is 2. The van der Waals surface area contributed by atoms with Crippen molar-refractivity contribution in [2.75, 3.05) is 5.32 Å². The Balaban J connectivity index is 1.87. The molecule has 2 aromatic heterocycles. The van der Waals surface area contributed by atoms with Gasteiger partial charge in [-0.15, -0.1) is 0 Å². The number of aromatic nitrogens is 4. The standard InChI is InChI=1S/C13H11N5O/c1-8-4-5-14-12(6-8)15-13(19)9-2-3-10-11(7-9)17-18-16-10/h2-7H,1H3,(H,14,15,19)(H,16,17,18). The summed E-state index contributed by atoms with van der Waals surface area (Å²) in [5.41, 5.74) is 2.94. The summed E-state index contributed by atoms with van der Waals surface area (Å²) in [5, 5.41) is 13.2. The fourth-order valence-corrected chi connectivity index (χ4v) is 1.77. The highest BCUT2D eigenvalue weighted by Gasteiger charge is 2.09. The Hall–Kier alpha value is -2.76. The van der Waals surface area contributed by atoms with Gasteiger partial charge in [0.25, 0.3) is 5.91 Å². The van der Waals surface area contributed by atoms with Gasteiger partial charge < -0.3 is 5.32 Å². The van der Waals surface area contributed by atoms with E-state index in [9.17, 15) is 4.79 Å². The van der Waals surface area contributed by atoms with Crippen LogP contribution in [-0.4, -0.2) is 26.3 Å². The van der Waals surface area contributed by atoms with Crippen LogP contribution in [0.5, 0.6) is 0 Å². The van der Waals surface area contributed by atoms with Crippen LogP contribution in [-0.2, 0) is 0 Å². The fraction of sp³-hybridized carbons (Fsp3) is 0.0769. The minimum Gasteiger partial charge on any atom is -0.307 e. The molecule has 0 aliphatic heterocycles. The van der Waals surface area contributed by atoms with E-state index in [1.807, 2.05) is 19.1 Å². The zero-order valence-corrected chi connectivity index (χ0v) is 10.2. The maximum absolute atomic E-state index is 12.1. The molecule has 1 amide bonds. The quantitative estimate of drug-likeness (QED) is 0.730. The highest BCUT2D eigenvalue weighted by molar-refractivity contribution is 6.05. The maximum Gasteiger partial charge on any atom is 0.256 e. The molecule has 94 valence electrons. The smallest absolute Gasteiger partial charge is 0.256 e. The van der Waals surface area contributed by atoms with Crippen LogP contribution in [0.15, 0.2) is 36.5 Å². The molecular formula is C13H11N5O. The van der Waals surface area contributed by atoms with Gasteiger partial charge >= 0.3 is 0 Å². The topological polar surface area (TPSA) is 83.6 Å². The van der Waals surface area contributed by atoms with E-state index < -0.39 is 0 Å². The van der Waals surface area contributed by atoms with E-state index >= 15 is 0 Å². The number of nitrogens with zero attached hydrogens (tertiary/aromatic N) is 3. The molecule has 19 heavy (non-hydrogen) atoms. The molecule has 0 bridgehead atoms. The summed E-state index contributed by atoms with van der Waals surface area (Å²) in [5.74, 6) is 0.313. The molecular weight excluding hydrogens is 242 g/mol. The molecule has 3 rings (SSSR count). The number of H-pyrrole nitrogens is 1. The van der Waals surface area contributed by atoms with Gasteiger partial charge in [-0.1, -0.05) is 0 Å². The van der Waals surface area contributed by atoms with Crippen LogP contribution < -0.4 is 5.32 Å². The lowest BCUT2D eigenvalue weighted by Crippen LogP contribution is -2.12. The van der Waals surface area contributed by atoms with E-state index in [4.69, 9.17) is 0 Å². The van der Waals surface area contributed by atoms with Crippen molar-refractivity contribution in [3.8, 4) is 0 Å². The second-order valence-electron chi connectivity index (χ2n) is 4.20. The summed E-state index contributed by atoms with van der Waals surface area (Å²) in [6.07, 6.45) is 1.66. The third-order valence-corrected chi connectivity index (χ3v) is 2.74. The van der Waals surface area contributed by atoms with E-state index in [-0.39, 0.29) is 5.91 Å². The van der Waals surface area contributed by atoms with E-state index in [0.717, 1.165) is 11.1 Å². The van der Waals surface area contributed by atoms with Crippen molar-refractivity contribution in [1.82, 2.24) is 20.4 Å². The lowest BCUT2D eigenvalue weighted by Gasteiger charge is -2.04. The summed E-state index contributed by atoms with van der Waals surface area (Å²) in [6, 6.07) is 8.82. The average molecular weight is 253 g/mol. The number of carbonyl (C=O) groups is 1. The lowest BCUT2D eigenvalue weighted by molar-refractivity contribution is 0.102. The molecule has 0 saturated heterocycles. The predicted octanol–water partition coefficient (Wildman–Crippen LogP) is 1.91. The van der Waals surface area contributed by atoms with Crippen molar-refractivity contribution in [2.24, 2.45) is 0 Å². The third-order valence-electron chi connectivity index (χ3n) is 2.74. The number of amides is 1. The first-order valence-electron chi connectivity index (χ1n) is 5.77. The summed E-state index contributed by atoms with van der Waals surface area (Å²) < 4.78 is 0. The van der Waals surface area contributed by atoms with E-state index in [0.29, 0.717) is 16.9 Å². The van der Waals surface area contributed by atoms with Crippen molar-refractivity contribution in [2.45, 2.75) is 6.92 Å². The summed E-state index contributed by atoms with van der Waals surface area (Å²) in [4.78, 5) is 16.2. The molecule has 0 unspecified atom stereocenters. The number of rotatable bonds is 2. The molecule has 1 aromatic carbocycles. The maximum atomic E-state index is 12.1. The summed E-state index contributed by atoms with van der Waals surface area (Å²) in [6.45, 7) is 1.94. The zero-order chi connectivity index (χ0) is 13.2. The van der Waals surface area contributed by atoms with Crippen LogP contribution in [0, 0.1) is 6.92 Å². The van der Waals surface area contributed by atoms with Gasteiger partial charge in [0.2, 0.25) is 0 Å². The highest BCUT2D eigenvalue weighted by atomic mass is 16.1. The van der Waals surface area contributed by atoms with Crippen molar-refractivity contribution in [1.29, 1.82) is 0 Å². The molecule has 0 fully saturated rings. The van der Waals surface area contributed by atoms with Gasteiger partial charge in [-0.3, -0.25) is 4.79 Å². The molecule has 0 spiro atoms. The van der Waals surface area contributed by atoms with Crippen LogP contribution in [0.25, 0.3) is 11.0 Å². The number of hydrogen-bond acceptors (Lipinski definition) is 4. The molecule has 0 atom stereocenters. The van der Waals surface area contributed by atoms with Gasteiger partial charge in [0.15, 0.2) is 0 Å². The monoisotopic (exact) mass is 253 g/mol. The van der Waals surface area contributed by atoms with Crippen molar-refractivity contribution in [3.63, 3.8) is 0 Å². The van der Waals surface area contributed by atoms with Gasteiger partial charge in [0, 0.05) is 11.8 Å². The van der Waals surface area contributed by atoms with E-state index in [2.05, 4.69) is 25.7 Å². The SMILES string of the molecule is Cc1ccnc(NC(=O)c2ccc3n[nH]nc3c2)c1. The number of anilines is 1. The number of aryl methyl sites for hydroxylation is 1. The largest absolute Gasteiger partial charge is 0.307 e. The first-order valence-corrected chi connectivity index (χ1v) is 5.77. The Bertz CT molecular complexity index is 749. The van der Waals surface area contributed by atoms with Crippen molar-refractivity contribution >= 4 is 22.8 Å². The summed E-state index contributed by atoms with van der Waals surface area (Å²) in [7, 11) is 0. The predicted molar refractivity (Wildman–Crippen MR) is 70.8 cm³/mol. The van der Waals surface area contributed by atoms with Gasteiger partial charge in [-0.05, 0) is 42.8 Å². The minimum absolute atomic E-state index is 0.219. The van der Waals surface area contributed by atoms with Gasteiger partial charge in [-0.25, -0.2) is 4.98 Å². The number of hydrogen-bond donors (Lipinski definition) is 2. The Morgan fingerprint density at radius 1 is 1.16 bits per heavy atom. The average Bonchev–Trinajstić information content (AvgIpc) is 2.85. The normalized spacial score (nSPS) is 10.6. The molecule has 6 nitrogen and oxygen atoms in total. The van der Waals surface area contributed by atoms with Gasteiger partial charge in [0.1, 0.15) is 16.9 Å². The fourth-order valence-electron chi connectivity index (χ4n) is 1.77. The first-order chi connectivity index (χ1) is 9.22. The van der Waals surface area contributed by atoms with E-state index in [1.54, 1.807) is 24.4 Å². The summed E-state index contributed by atoms with van der Waals surface area (Å²) >= 11 is 0. The molecule has 3 aromatic rings. The number of fused-ring (bicyclic) bond motifs is 1. The lowest BCUT2D eigenvalue weighted by atomic mass is 10.2. The number of carbonyl (C=O) groups excluding carboxylic acids is 1. The molecule has 6 heteroatoms. The van der Waals surface area contributed by atoms with Gasteiger partial charge in [-0.2, -0.15) is 15.4 Å². The zero-order valence-electron chi connectivity index (χ0n) is 10.2. The highest BCUT2D eigenvalue weighted by Crippen LogP contribution is 2.13.